The van der Waals surface area contributed by atoms with E-state index in [9.17, 15) is 14.7 Å². The number of methoxy groups -OCH3 is 1. The van der Waals surface area contributed by atoms with E-state index in [1.807, 2.05) is 24.3 Å². The lowest BCUT2D eigenvalue weighted by Gasteiger charge is -2.27. The topological polar surface area (TPSA) is 96.3 Å². The van der Waals surface area contributed by atoms with Crippen LogP contribution in [0.3, 0.4) is 0 Å². The number of H-pyrrole nitrogens is 1. The van der Waals surface area contributed by atoms with Gasteiger partial charge in [0.25, 0.3) is 5.56 Å². The van der Waals surface area contributed by atoms with Crippen molar-refractivity contribution in [2.75, 3.05) is 13.7 Å². The predicted octanol–water partition coefficient (Wildman–Crippen LogP) is 1.48. The van der Waals surface area contributed by atoms with Crippen LogP contribution in [-0.2, 0) is 6.42 Å². The third-order valence-electron chi connectivity index (χ3n) is 4.83. The molecule has 0 bridgehead atoms. The first kappa shape index (κ1) is 17.1. The van der Waals surface area contributed by atoms with E-state index < -0.39 is 17.3 Å². The van der Waals surface area contributed by atoms with Crippen LogP contribution in [0.2, 0.25) is 0 Å². The van der Waals surface area contributed by atoms with E-state index in [2.05, 4.69) is 10.3 Å². The van der Waals surface area contributed by atoms with Gasteiger partial charge in [0.2, 0.25) is 5.88 Å². The molecule has 3 N–H and O–H groups in total. The van der Waals surface area contributed by atoms with E-state index in [-0.39, 0.29) is 11.4 Å². The average molecular weight is 365 g/mol. The minimum absolute atomic E-state index is 0.115. The summed E-state index contributed by atoms with van der Waals surface area (Å²) in [6, 6.07) is 14.0. The molecule has 2 heterocycles. The number of rotatable bonds is 3. The Bertz CT molecular complexity index is 1120. The highest BCUT2D eigenvalue weighted by Gasteiger charge is 2.28. The molecule has 0 amide bonds. The second kappa shape index (κ2) is 6.77. The number of aromatic amines is 1. The van der Waals surface area contributed by atoms with Crippen molar-refractivity contribution in [3.05, 3.63) is 86.1 Å². The molecule has 7 heteroatoms. The number of aromatic nitrogens is 2. The maximum absolute atomic E-state index is 12.6. The van der Waals surface area contributed by atoms with Crippen LogP contribution in [0.4, 0.5) is 0 Å². The van der Waals surface area contributed by atoms with Gasteiger partial charge in [-0.25, -0.2) is 9.36 Å². The summed E-state index contributed by atoms with van der Waals surface area (Å²) in [6.07, 6.45) is 0.834. The number of ether oxygens (including phenoxy) is 1. The van der Waals surface area contributed by atoms with Gasteiger partial charge in [-0.2, -0.15) is 0 Å². The number of fused-ring (bicyclic) bond motifs is 1. The molecule has 1 aliphatic rings. The predicted molar refractivity (Wildman–Crippen MR) is 101 cm³/mol. The molecular formula is C20H19N3O4. The van der Waals surface area contributed by atoms with E-state index in [0.717, 1.165) is 22.1 Å². The number of hydrogen-bond donors (Lipinski definition) is 3. The number of aromatic hydroxyl groups is 1. The summed E-state index contributed by atoms with van der Waals surface area (Å²) in [5.41, 5.74) is 1.23. The second-order valence-electron chi connectivity index (χ2n) is 6.37. The summed E-state index contributed by atoms with van der Waals surface area (Å²) in [4.78, 5) is 27.3. The molecule has 3 aromatic rings. The molecule has 0 saturated carbocycles. The molecule has 1 atom stereocenters. The maximum atomic E-state index is 12.6. The van der Waals surface area contributed by atoms with Crippen LogP contribution in [0.1, 0.15) is 22.7 Å². The van der Waals surface area contributed by atoms with Gasteiger partial charge in [-0.15, -0.1) is 0 Å². The third kappa shape index (κ3) is 2.92. The molecule has 7 nitrogen and oxygen atoms in total. The summed E-state index contributed by atoms with van der Waals surface area (Å²) < 4.78 is 6.27. The third-order valence-corrected chi connectivity index (χ3v) is 4.83. The van der Waals surface area contributed by atoms with Crippen LogP contribution >= 0.6 is 0 Å². The molecule has 2 aromatic carbocycles. The molecule has 1 aliphatic heterocycles. The Kier molecular flexibility index (Phi) is 4.29. The van der Waals surface area contributed by atoms with Gasteiger partial charge in [0, 0.05) is 12.6 Å². The zero-order valence-corrected chi connectivity index (χ0v) is 14.7. The largest absolute Gasteiger partial charge is 0.497 e. The van der Waals surface area contributed by atoms with E-state index in [4.69, 9.17) is 4.74 Å². The zero-order chi connectivity index (χ0) is 19.0. The zero-order valence-electron chi connectivity index (χ0n) is 14.7. The smallest absolute Gasteiger partial charge is 0.335 e. The molecule has 1 aromatic heterocycles. The Morgan fingerprint density at radius 3 is 2.78 bits per heavy atom. The minimum atomic E-state index is -0.710. The Labute approximate surface area is 154 Å². The average Bonchev–Trinajstić information content (AvgIpc) is 2.68. The van der Waals surface area contributed by atoms with Crippen LogP contribution < -0.4 is 21.3 Å². The fourth-order valence-electron chi connectivity index (χ4n) is 3.55. The number of nitrogens with zero attached hydrogens (tertiary/aromatic N) is 1. The van der Waals surface area contributed by atoms with Crippen molar-refractivity contribution < 1.29 is 9.84 Å². The van der Waals surface area contributed by atoms with Crippen molar-refractivity contribution >= 4 is 0 Å². The molecule has 0 fully saturated rings. The molecular weight excluding hydrogens is 346 g/mol. The van der Waals surface area contributed by atoms with Crippen molar-refractivity contribution in [2.24, 2.45) is 0 Å². The van der Waals surface area contributed by atoms with Crippen LogP contribution in [0.25, 0.3) is 5.69 Å². The first-order valence-corrected chi connectivity index (χ1v) is 8.64. The van der Waals surface area contributed by atoms with Gasteiger partial charge < -0.3 is 15.2 Å². The summed E-state index contributed by atoms with van der Waals surface area (Å²) in [7, 11) is 1.52. The van der Waals surface area contributed by atoms with Gasteiger partial charge in [0.15, 0.2) is 0 Å². The van der Waals surface area contributed by atoms with Crippen LogP contribution in [0.5, 0.6) is 11.6 Å². The Morgan fingerprint density at radius 2 is 1.96 bits per heavy atom. The van der Waals surface area contributed by atoms with Gasteiger partial charge in [-0.3, -0.25) is 9.78 Å². The molecule has 0 spiro atoms. The van der Waals surface area contributed by atoms with Gasteiger partial charge in [0.05, 0.1) is 24.4 Å². The fourth-order valence-corrected chi connectivity index (χ4v) is 3.55. The van der Waals surface area contributed by atoms with Crippen LogP contribution in [-0.4, -0.2) is 28.3 Å². The summed E-state index contributed by atoms with van der Waals surface area (Å²) >= 11 is 0. The molecule has 27 heavy (non-hydrogen) atoms. The minimum Gasteiger partial charge on any atom is -0.497 e. The molecule has 0 unspecified atom stereocenters. The standard InChI is InChI=1S/C20H19N3O4/c1-27-14-7-4-6-13(11-14)23-19(25)16(18(24)22-20(23)26)17-15-8-3-2-5-12(15)9-10-21-17/h2-8,11,17,21,25H,9-10H2,1H3,(H,22,24,26)/t17-/m0/s1. The van der Waals surface area contributed by atoms with Gasteiger partial charge in [-0.1, -0.05) is 30.3 Å². The molecule has 138 valence electrons. The highest BCUT2D eigenvalue weighted by atomic mass is 16.5. The second-order valence-corrected chi connectivity index (χ2v) is 6.37. The van der Waals surface area contributed by atoms with Crippen LogP contribution in [0, 0.1) is 0 Å². The summed E-state index contributed by atoms with van der Waals surface area (Å²) in [5.74, 6) is 0.152. The number of hydrogen-bond acceptors (Lipinski definition) is 5. The van der Waals surface area contributed by atoms with Gasteiger partial charge in [0.1, 0.15) is 5.75 Å². The highest BCUT2D eigenvalue weighted by Crippen LogP contribution is 2.31. The van der Waals surface area contributed by atoms with E-state index in [1.165, 1.54) is 7.11 Å². The van der Waals surface area contributed by atoms with E-state index >= 15 is 0 Å². The number of benzene rings is 2. The Balaban J connectivity index is 1.94. The molecule has 0 aliphatic carbocycles. The molecule has 0 radical (unpaired) electrons. The van der Waals surface area contributed by atoms with E-state index in [1.54, 1.807) is 24.3 Å². The van der Waals surface area contributed by atoms with Crippen molar-refractivity contribution in [2.45, 2.75) is 12.5 Å². The lowest BCUT2D eigenvalue weighted by Crippen LogP contribution is -2.38. The maximum Gasteiger partial charge on any atom is 0.335 e. The Hall–Kier alpha value is -3.32. The van der Waals surface area contributed by atoms with Crippen molar-refractivity contribution in [1.29, 1.82) is 0 Å². The SMILES string of the molecule is COc1cccc(-n2c(O)c([C@H]3NCCc4ccccc43)c(=O)[nH]c2=O)c1. The first-order chi connectivity index (χ1) is 13.1. The van der Waals surface area contributed by atoms with Crippen LogP contribution in [0.15, 0.2) is 58.1 Å². The fraction of sp³-hybridized carbons (Fsp3) is 0.200. The van der Waals surface area contributed by atoms with E-state index in [0.29, 0.717) is 18.0 Å². The summed E-state index contributed by atoms with van der Waals surface area (Å²) in [5, 5.41) is 14.2. The molecule has 0 saturated heterocycles. The van der Waals surface area contributed by atoms with Gasteiger partial charge >= 0.3 is 5.69 Å². The molecule has 4 rings (SSSR count). The first-order valence-electron chi connectivity index (χ1n) is 8.64. The lowest BCUT2D eigenvalue weighted by molar-refractivity contribution is 0.406. The van der Waals surface area contributed by atoms with Crippen molar-refractivity contribution in [1.82, 2.24) is 14.9 Å². The summed E-state index contributed by atoms with van der Waals surface area (Å²) in [6.45, 7) is 0.666. The lowest BCUT2D eigenvalue weighted by atomic mass is 9.90. The monoisotopic (exact) mass is 365 g/mol. The quantitative estimate of drug-likeness (QED) is 0.653. The normalized spacial score (nSPS) is 16.0. The Morgan fingerprint density at radius 1 is 1.15 bits per heavy atom. The number of nitrogens with one attached hydrogen (secondary N) is 2. The van der Waals surface area contributed by atoms with Crippen molar-refractivity contribution in [3.8, 4) is 17.3 Å². The van der Waals surface area contributed by atoms with Gasteiger partial charge in [-0.05, 0) is 29.7 Å². The van der Waals surface area contributed by atoms with Crippen molar-refractivity contribution in [3.63, 3.8) is 0 Å². The highest BCUT2D eigenvalue weighted by molar-refractivity contribution is 5.46.